The SMILES string of the molecule is C=C(F)C(=O)OC1C=CCC(/C=C(\F)C(=O)OCC2CC=CCC2)C1. The second-order valence-corrected chi connectivity index (χ2v) is 6.27. The molecular weight excluding hydrogens is 330 g/mol. The normalized spacial score (nSPS) is 26.2. The molecule has 0 aromatic rings. The van der Waals surface area contributed by atoms with E-state index in [0.29, 0.717) is 6.42 Å². The van der Waals surface area contributed by atoms with Crippen molar-refractivity contribution in [2.45, 2.75) is 38.2 Å². The van der Waals surface area contributed by atoms with Gasteiger partial charge in [0.25, 0.3) is 0 Å². The summed E-state index contributed by atoms with van der Waals surface area (Å²) < 4.78 is 36.6. The van der Waals surface area contributed by atoms with Crippen molar-refractivity contribution in [3.05, 3.63) is 48.6 Å². The third-order valence-electron chi connectivity index (χ3n) is 4.21. The highest BCUT2D eigenvalue weighted by Crippen LogP contribution is 2.25. The first-order chi connectivity index (χ1) is 12.0. The molecule has 4 nitrogen and oxygen atoms in total. The summed E-state index contributed by atoms with van der Waals surface area (Å²) in [6.07, 6.45) is 11.4. The zero-order valence-corrected chi connectivity index (χ0v) is 14.0. The maximum absolute atomic E-state index is 14.0. The lowest BCUT2D eigenvalue weighted by atomic mass is 9.92. The Kier molecular flexibility index (Phi) is 7.10. The van der Waals surface area contributed by atoms with Crippen LogP contribution in [0.15, 0.2) is 48.6 Å². The molecule has 0 saturated heterocycles. The fourth-order valence-electron chi connectivity index (χ4n) is 2.85. The number of carbonyl (C=O) groups is 2. The number of ether oxygens (including phenoxy) is 2. The molecule has 2 rings (SSSR count). The highest BCUT2D eigenvalue weighted by Gasteiger charge is 2.23. The van der Waals surface area contributed by atoms with E-state index >= 15 is 0 Å². The first kappa shape index (κ1) is 19.1. The van der Waals surface area contributed by atoms with Crippen molar-refractivity contribution in [1.29, 1.82) is 0 Å². The molecule has 0 N–H and O–H groups in total. The molecule has 0 aliphatic heterocycles. The maximum Gasteiger partial charge on any atom is 0.367 e. The van der Waals surface area contributed by atoms with Gasteiger partial charge < -0.3 is 9.47 Å². The van der Waals surface area contributed by atoms with Gasteiger partial charge in [0.05, 0.1) is 6.61 Å². The van der Waals surface area contributed by atoms with E-state index < -0.39 is 29.7 Å². The molecule has 3 unspecified atom stereocenters. The number of carbonyl (C=O) groups excluding carboxylic acids is 2. The Labute approximate surface area is 145 Å². The summed E-state index contributed by atoms with van der Waals surface area (Å²) in [5.74, 6) is -4.35. The van der Waals surface area contributed by atoms with Crippen molar-refractivity contribution in [1.82, 2.24) is 0 Å². The summed E-state index contributed by atoms with van der Waals surface area (Å²) in [5, 5.41) is 0. The topological polar surface area (TPSA) is 52.6 Å². The minimum atomic E-state index is -1.18. The summed E-state index contributed by atoms with van der Waals surface area (Å²) in [6.45, 7) is 3.07. The molecule has 0 aromatic carbocycles. The molecule has 6 heteroatoms. The molecule has 0 spiro atoms. The zero-order valence-electron chi connectivity index (χ0n) is 14.0. The highest BCUT2D eigenvalue weighted by molar-refractivity contribution is 5.86. The first-order valence-electron chi connectivity index (χ1n) is 8.37. The summed E-state index contributed by atoms with van der Waals surface area (Å²) in [4.78, 5) is 22.9. The molecule has 25 heavy (non-hydrogen) atoms. The van der Waals surface area contributed by atoms with Gasteiger partial charge in [0.15, 0.2) is 0 Å². The fraction of sp³-hybridized carbons (Fsp3) is 0.474. The second kappa shape index (κ2) is 9.30. The average Bonchev–Trinajstić information content (AvgIpc) is 2.60. The van der Waals surface area contributed by atoms with Crippen molar-refractivity contribution in [2.75, 3.05) is 6.61 Å². The predicted octanol–water partition coefficient (Wildman–Crippen LogP) is 4.10. The molecule has 0 aromatic heterocycles. The summed E-state index contributed by atoms with van der Waals surface area (Å²) in [5.41, 5.74) is 0. The lowest BCUT2D eigenvalue weighted by Crippen LogP contribution is -2.22. The van der Waals surface area contributed by atoms with E-state index in [1.54, 1.807) is 12.2 Å². The average molecular weight is 352 g/mol. The van der Waals surface area contributed by atoms with Crippen LogP contribution in [0, 0.1) is 11.8 Å². The summed E-state index contributed by atoms with van der Waals surface area (Å²) in [6, 6.07) is 0. The predicted molar refractivity (Wildman–Crippen MR) is 88.6 cm³/mol. The number of hydrogen-bond acceptors (Lipinski definition) is 4. The second-order valence-electron chi connectivity index (χ2n) is 6.27. The van der Waals surface area contributed by atoms with Crippen molar-refractivity contribution in [2.24, 2.45) is 11.8 Å². The van der Waals surface area contributed by atoms with Crippen LogP contribution in [0.25, 0.3) is 0 Å². The zero-order chi connectivity index (χ0) is 18.2. The van der Waals surface area contributed by atoms with Gasteiger partial charge in [-0.2, -0.15) is 8.78 Å². The molecule has 0 saturated carbocycles. The smallest absolute Gasteiger partial charge is 0.367 e. The molecule has 0 amide bonds. The summed E-state index contributed by atoms with van der Waals surface area (Å²) >= 11 is 0. The van der Waals surface area contributed by atoms with E-state index in [1.165, 1.54) is 6.08 Å². The Balaban J connectivity index is 1.82. The lowest BCUT2D eigenvalue weighted by Gasteiger charge is -2.22. The summed E-state index contributed by atoms with van der Waals surface area (Å²) in [7, 11) is 0. The minimum absolute atomic E-state index is 0.202. The molecule has 0 heterocycles. The van der Waals surface area contributed by atoms with E-state index in [9.17, 15) is 18.4 Å². The quantitative estimate of drug-likeness (QED) is 0.410. The van der Waals surface area contributed by atoms with Crippen LogP contribution < -0.4 is 0 Å². The molecule has 0 radical (unpaired) electrons. The molecular formula is C19H22F2O4. The monoisotopic (exact) mass is 352 g/mol. The standard InChI is InChI=1S/C19H22F2O4/c1-13(20)18(22)25-16-9-5-8-15(10-16)11-17(21)19(23)24-12-14-6-3-2-4-7-14/h2-3,5,9,11,14-16H,1,4,6-8,10,12H2/b17-11-. The Morgan fingerprint density at radius 2 is 1.96 bits per heavy atom. The molecule has 3 atom stereocenters. The molecule has 0 bridgehead atoms. The van der Waals surface area contributed by atoms with Gasteiger partial charge in [-0.25, -0.2) is 9.59 Å². The molecule has 0 fully saturated rings. The van der Waals surface area contributed by atoms with Gasteiger partial charge in [0.1, 0.15) is 6.10 Å². The van der Waals surface area contributed by atoms with Crippen LogP contribution >= 0.6 is 0 Å². The van der Waals surface area contributed by atoms with Gasteiger partial charge >= 0.3 is 11.9 Å². The van der Waals surface area contributed by atoms with Crippen molar-refractivity contribution >= 4 is 11.9 Å². The van der Waals surface area contributed by atoms with Crippen LogP contribution in [0.3, 0.4) is 0 Å². The van der Waals surface area contributed by atoms with E-state index in [0.717, 1.165) is 19.3 Å². The van der Waals surface area contributed by atoms with Crippen LogP contribution in [-0.4, -0.2) is 24.6 Å². The highest BCUT2D eigenvalue weighted by atomic mass is 19.1. The lowest BCUT2D eigenvalue weighted by molar-refractivity contribution is -0.145. The van der Waals surface area contributed by atoms with Crippen LogP contribution in [0.5, 0.6) is 0 Å². The van der Waals surface area contributed by atoms with Crippen LogP contribution in [0.4, 0.5) is 8.78 Å². The van der Waals surface area contributed by atoms with E-state index in [2.05, 4.69) is 12.7 Å². The Hall–Kier alpha value is -2.24. The van der Waals surface area contributed by atoms with Crippen molar-refractivity contribution < 1.29 is 27.8 Å². The van der Waals surface area contributed by atoms with Gasteiger partial charge in [-0.05, 0) is 56.1 Å². The van der Waals surface area contributed by atoms with Gasteiger partial charge in [0.2, 0.25) is 11.7 Å². The number of hydrogen-bond donors (Lipinski definition) is 0. The van der Waals surface area contributed by atoms with E-state index in [-0.39, 0.29) is 24.9 Å². The van der Waals surface area contributed by atoms with E-state index in [1.807, 2.05) is 6.08 Å². The maximum atomic E-state index is 14.0. The van der Waals surface area contributed by atoms with Gasteiger partial charge in [0, 0.05) is 0 Å². The van der Waals surface area contributed by atoms with Gasteiger partial charge in [-0.3, -0.25) is 0 Å². The fourth-order valence-corrected chi connectivity index (χ4v) is 2.85. The number of halogens is 2. The molecule has 136 valence electrons. The van der Waals surface area contributed by atoms with E-state index in [4.69, 9.17) is 9.47 Å². The first-order valence-corrected chi connectivity index (χ1v) is 8.37. The Morgan fingerprint density at radius 1 is 1.16 bits per heavy atom. The Bertz CT molecular complexity index is 607. The van der Waals surface area contributed by atoms with Crippen LogP contribution in [-0.2, 0) is 19.1 Å². The van der Waals surface area contributed by atoms with Crippen LogP contribution in [0.2, 0.25) is 0 Å². The molecule has 2 aliphatic carbocycles. The van der Waals surface area contributed by atoms with Crippen LogP contribution in [0.1, 0.15) is 32.1 Å². The minimum Gasteiger partial charge on any atom is -0.460 e. The Morgan fingerprint density at radius 3 is 2.64 bits per heavy atom. The van der Waals surface area contributed by atoms with Gasteiger partial charge in [-0.1, -0.05) is 24.8 Å². The third-order valence-corrected chi connectivity index (χ3v) is 4.21. The largest absolute Gasteiger partial charge is 0.460 e. The van der Waals surface area contributed by atoms with Gasteiger partial charge in [-0.15, -0.1) is 0 Å². The molecule has 2 aliphatic rings. The number of allylic oxidation sites excluding steroid dienone is 4. The van der Waals surface area contributed by atoms with Crippen molar-refractivity contribution in [3.8, 4) is 0 Å². The third kappa shape index (κ3) is 6.29. The number of rotatable bonds is 6. The van der Waals surface area contributed by atoms with Crippen molar-refractivity contribution in [3.63, 3.8) is 0 Å². The number of esters is 2.